The van der Waals surface area contributed by atoms with Crippen LogP contribution in [0.3, 0.4) is 0 Å². The Morgan fingerprint density at radius 2 is 1.96 bits per heavy atom. The molecule has 0 bridgehead atoms. The van der Waals surface area contributed by atoms with Crippen molar-refractivity contribution in [3.05, 3.63) is 35.4 Å². The number of carbonyl (C=O) groups excluding carboxylic acids is 1. The van der Waals surface area contributed by atoms with Gasteiger partial charge in [-0.05, 0) is 50.2 Å². The Bertz CT molecular complexity index is 611. The molecule has 2 aliphatic heterocycles. The molecule has 2 heterocycles. The highest BCUT2D eigenvalue weighted by Crippen LogP contribution is 2.36. The van der Waals surface area contributed by atoms with Crippen molar-refractivity contribution < 1.29 is 9.53 Å². The SMILES string of the molecule is CC1(N2CCCC2)COCCN1C(=O)C1CCCc2ccccc21. The summed E-state index contributed by atoms with van der Waals surface area (Å²) in [6.07, 6.45) is 5.64. The van der Waals surface area contributed by atoms with Crippen LogP contribution in [0.25, 0.3) is 0 Å². The minimum Gasteiger partial charge on any atom is -0.376 e. The Labute approximate surface area is 144 Å². The number of amides is 1. The van der Waals surface area contributed by atoms with Crippen molar-refractivity contribution in [1.29, 1.82) is 0 Å². The average molecular weight is 328 g/mol. The quantitative estimate of drug-likeness (QED) is 0.837. The van der Waals surface area contributed by atoms with Crippen LogP contribution in [0.2, 0.25) is 0 Å². The summed E-state index contributed by atoms with van der Waals surface area (Å²) < 4.78 is 5.80. The van der Waals surface area contributed by atoms with Gasteiger partial charge in [-0.15, -0.1) is 0 Å². The van der Waals surface area contributed by atoms with Crippen LogP contribution in [-0.4, -0.2) is 54.2 Å². The van der Waals surface area contributed by atoms with E-state index in [4.69, 9.17) is 4.74 Å². The monoisotopic (exact) mass is 328 g/mol. The summed E-state index contributed by atoms with van der Waals surface area (Å²) in [4.78, 5) is 18.1. The molecule has 2 fully saturated rings. The molecular formula is C20H28N2O2. The van der Waals surface area contributed by atoms with Gasteiger partial charge in [-0.3, -0.25) is 9.69 Å². The van der Waals surface area contributed by atoms with E-state index >= 15 is 0 Å². The van der Waals surface area contributed by atoms with Crippen LogP contribution in [0.1, 0.15) is 49.7 Å². The van der Waals surface area contributed by atoms with Gasteiger partial charge in [0.1, 0.15) is 5.66 Å². The topological polar surface area (TPSA) is 32.8 Å². The highest BCUT2D eigenvalue weighted by Gasteiger charge is 2.46. The number of benzene rings is 1. The van der Waals surface area contributed by atoms with Crippen LogP contribution >= 0.6 is 0 Å². The lowest BCUT2D eigenvalue weighted by Crippen LogP contribution is -2.66. The van der Waals surface area contributed by atoms with Gasteiger partial charge >= 0.3 is 0 Å². The van der Waals surface area contributed by atoms with Crippen molar-refractivity contribution in [2.45, 2.75) is 50.6 Å². The fourth-order valence-corrected chi connectivity index (χ4v) is 4.75. The van der Waals surface area contributed by atoms with Gasteiger partial charge in [0, 0.05) is 19.6 Å². The molecule has 2 saturated heterocycles. The predicted molar refractivity (Wildman–Crippen MR) is 93.9 cm³/mol. The van der Waals surface area contributed by atoms with Crippen LogP contribution in [0, 0.1) is 0 Å². The van der Waals surface area contributed by atoms with E-state index in [0.29, 0.717) is 25.7 Å². The summed E-state index contributed by atoms with van der Waals surface area (Å²) >= 11 is 0. The number of ether oxygens (including phenoxy) is 1. The molecule has 0 saturated carbocycles. The first kappa shape index (κ1) is 16.1. The molecule has 2 atom stereocenters. The van der Waals surface area contributed by atoms with E-state index in [1.54, 1.807) is 0 Å². The highest BCUT2D eigenvalue weighted by atomic mass is 16.5. The van der Waals surface area contributed by atoms with Crippen LogP contribution in [0.5, 0.6) is 0 Å². The van der Waals surface area contributed by atoms with Gasteiger partial charge in [-0.2, -0.15) is 0 Å². The minimum atomic E-state index is -0.280. The zero-order chi connectivity index (χ0) is 16.6. The summed E-state index contributed by atoms with van der Waals surface area (Å²) in [6.45, 7) is 6.35. The van der Waals surface area contributed by atoms with Crippen LogP contribution in [0.4, 0.5) is 0 Å². The predicted octanol–water partition coefficient (Wildman–Crippen LogP) is 2.78. The summed E-state index contributed by atoms with van der Waals surface area (Å²) in [5, 5.41) is 0. The zero-order valence-corrected chi connectivity index (χ0v) is 14.7. The van der Waals surface area contributed by atoms with Gasteiger partial charge in [-0.1, -0.05) is 24.3 Å². The second kappa shape index (κ2) is 6.49. The van der Waals surface area contributed by atoms with Gasteiger partial charge in [0.25, 0.3) is 0 Å². The number of likely N-dealkylation sites (tertiary alicyclic amines) is 1. The number of hydrogen-bond donors (Lipinski definition) is 0. The fourth-order valence-electron chi connectivity index (χ4n) is 4.75. The first-order chi connectivity index (χ1) is 11.7. The number of carbonyl (C=O) groups is 1. The lowest BCUT2D eigenvalue weighted by molar-refractivity contribution is -0.169. The lowest BCUT2D eigenvalue weighted by Gasteiger charge is -2.51. The van der Waals surface area contributed by atoms with Crippen LogP contribution in [0.15, 0.2) is 24.3 Å². The first-order valence-electron chi connectivity index (χ1n) is 9.42. The molecule has 1 aromatic carbocycles. The number of nitrogens with zero attached hydrogens (tertiary/aromatic N) is 2. The molecule has 4 nitrogen and oxygen atoms in total. The minimum absolute atomic E-state index is 0.0231. The van der Waals surface area contributed by atoms with E-state index in [0.717, 1.165) is 32.4 Å². The first-order valence-corrected chi connectivity index (χ1v) is 9.42. The zero-order valence-electron chi connectivity index (χ0n) is 14.7. The van der Waals surface area contributed by atoms with E-state index in [1.165, 1.54) is 24.0 Å². The second-order valence-corrected chi connectivity index (χ2v) is 7.60. The van der Waals surface area contributed by atoms with Gasteiger partial charge in [0.15, 0.2) is 0 Å². The van der Waals surface area contributed by atoms with Gasteiger partial charge < -0.3 is 9.64 Å². The normalized spacial score (nSPS) is 31.0. The summed E-state index contributed by atoms with van der Waals surface area (Å²) in [6, 6.07) is 8.51. The van der Waals surface area contributed by atoms with E-state index in [9.17, 15) is 4.79 Å². The van der Waals surface area contributed by atoms with Crippen molar-refractivity contribution in [2.75, 3.05) is 32.8 Å². The van der Waals surface area contributed by atoms with E-state index in [-0.39, 0.29) is 11.6 Å². The van der Waals surface area contributed by atoms with Crippen molar-refractivity contribution in [3.63, 3.8) is 0 Å². The lowest BCUT2D eigenvalue weighted by atomic mass is 9.81. The standard InChI is InChI=1S/C20H28N2O2/c1-20(21-11-4-5-12-21)15-24-14-13-22(20)19(23)18-10-6-8-16-7-2-3-9-17(16)18/h2-3,7,9,18H,4-6,8,10-15H2,1H3. The third kappa shape index (κ3) is 2.66. The maximum absolute atomic E-state index is 13.5. The van der Waals surface area contributed by atoms with Gasteiger partial charge in [-0.25, -0.2) is 0 Å². The molecular weight excluding hydrogens is 300 g/mol. The maximum Gasteiger partial charge on any atom is 0.231 e. The van der Waals surface area contributed by atoms with Crippen LogP contribution in [-0.2, 0) is 16.0 Å². The van der Waals surface area contributed by atoms with Gasteiger partial charge in [0.2, 0.25) is 5.91 Å². The maximum atomic E-state index is 13.5. The Kier molecular flexibility index (Phi) is 4.35. The Balaban J connectivity index is 1.63. The molecule has 24 heavy (non-hydrogen) atoms. The number of fused-ring (bicyclic) bond motifs is 1. The van der Waals surface area contributed by atoms with Crippen molar-refractivity contribution in [3.8, 4) is 0 Å². The fraction of sp³-hybridized carbons (Fsp3) is 0.650. The van der Waals surface area contributed by atoms with Crippen molar-refractivity contribution in [2.24, 2.45) is 0 Å². The molecule has 0 radical (unpaired) electrons. The molecule has 1 amide bonds. The molecule has 0 spiro atoms. The van der Waals surface area contributed by atoms with Crippen LogP contribution < -0.4 is 0 Å². The number of aryl methyl sites for hydroxylation is 1. The van der Waals surface area contributed by atoms with Crippen molar-refractivity contribution >= 4 is 5.91 Å². The average Bonchev–Trinajstić information content (AvgIpc) is 3.16. The Morgan fingerprint density at radius 3 is 2.79 bits per heavy atom. The molecule has 130 valence electrons. The molecule has 0 N–H and O–H groups in total. The Hall–Kier alpha value is -1.39. The third-order valence-electron chi connectivity index (χ3n) is 6.14. The summed E-state index contributed by atoms with van der Waals surface area (Å²) in [7, 11) is 0. The molecule has 4 rings (SSSR count). The molecule has 1 aliphatic carbocycles. The van der Waals surface area contributed by atoms with Crippen molar-refractivity contribution in [1.82, 2.24) is 9.80 Å². The molecule has 0 aromatic heterocycles. The third-order valence-corrected chi connectivity index (χ3v) is 6.14. The second-order valence-electron chi connectivity index (χ2n) is 7.60. The summed E-state index contributed by atoms with van der Waals surface area (Å²) in [5.74, 6) is 0.329. The largest absolute Gasteiger partial charge is 0.376 e. The van der Waals surface area contributed by atoms with E-state index in [2.05, 4.69) is 41.0 Å². The van der Waals surface area contributed by atoms with Gasteiger partial charge in [0.05, 0.1) is 19.1 Å². The molecule has 1 aromatic rings. The highest BCUT2D eigenvalue weighted by molar-refractivity contribution is 5.85. The van der Waals surface area contributed by atoms with E-state index in [1.807, 2.05) is 0 Å². The molecule has 4 heteroatoms. The number of rotatable bonds is 2. The Morgan fingerprint density at radius 1 is 1.17 bits per heavy atom. The molecule has 3 aliphatic rings. The molecule has 2 unspecified atom stereocenters. The number of hydrogen-bond acceptors (Lipinski definition) is 3. The summed E-state index contributed by atoms with van der Waals surface area (Å²) in [5.41, 5.74) is 2.33. The number of morpholine rings is 1. The van der Waals surface area contributed by atoms with E-state index < -0.39 is 0 Å². The smallest absolute Gasteiger partial charge is 0.231 e.